The summed E-state index contributed by atoms with van der Waals surface area (Å²) in [5.41, 5.74) is 0. The lowest BCUT2D eigenvalue weighted by Gasteiger charge is -2.23. The van der Waals surface area contributed by atoms with Crippen molar-refractivity contribution in [3.05, 3.63) is 20.8 Å². The third-order valence-corrected chi connectivity index (χ3v) is 6.12. The lowest BCUT2D eigenvalue weighted by molar-refractivity contribution is 0.128. The number of fused-ring (bicyclic) bond motifs is 2. The molecule has 1 aromatic rings. The number of hydrogen-bond acceptors (Lipinski definition) is 2. The summed E-state index contributed by atoms with van der Waals surface area (Å²) in [6, 6.07) is 2.06. The van der Waals surface area contributed by atoms with E-state index in [1.54, 1.807) is 11.3 Å². The number of aliphatic hydroxyl groups is 1. The molecule has 3 heteroatoms. The van der Waals surface area contributed by atoms with E-state index in [4.69, 9.17) is 0 Å². The maximum absolute atomic E-state index is 10.2. The molecule has 2 aliphatic rings. The van der Waals surface area contributed by atoms with Gasteiger partial charge >= 0.3 is 0 Å². The van der Waals surface area contributed by atoms with Gasteiger partial charge < -0.3 is 5.11 Å². The Kier molecular flexibility index (Phi) is 3.11. The highest BCUT2D eigenvalue weighted by atomic mass is 79.9. The monoisotopic (exact) mass is 300 g/mol. The second-order valence-electron chi connectivity index (χ2n) is 5.35. The molecule has 0 radical (unpaired) electrons. The molecule has 4 atom stereocenters. The Morgan fingerprint density at radius 3 is 2.88 bits per heavy atom. The molecule has 1 nitrogen and oxygen atoms in total. The van der Waals surface area contributed by atoms with Gasteiger partial charge in [0, 0.05) is 14.7 Å². The number of hydrogen-bond donors (Lipinski definition) is 1. The van der Waals surface area contributed by atoms with Crippen LogP contribution in [0, 0.1) is 17.8 Å². The summed E-state index contributed by atoms with van der Waals surface area (Å²) in [6.45, 7) is 0. The maximum Gasteiger partial charge on any atom is 0.0885 e. The van der Waals surface area contributed by atoms with Crippen LogP contribution in [0.25, 0.3) is 0 Å². The lowest BCUT2D eigenvalue weighted by Crippen LogP contribution is -2.13. The normalized spacial score (nSPS) is 34.5. The molecule has 0 saturated heterocycles. The Balaban J connectivity index is 1.62. The van der Waals surface area contributed by atoms with Gasteiger partial charge in [0.15, 0.2) is 0 Å². The summed E-state index contributed by atoms with van der Waals surface area (Å²) in [4.78, 5) is 1.12. The van der Waals surface area contributed by atoms with Crippen LogP contribution in [0.4, 0.5) is 0 Å². The predicted molar refractivity (Wildman–Crippen MR) is 70.5 cm³/mol. The van der Waals surface area contributed by atoms with E-state index in [0.717, 1.165) is 33.5 Å². The first-order valence-corrected chi connectivity index (χ1v) is 7.81. The molecule has 2 bridgehead atoms. The van der Waals surface area contributed by atoms with Gasteiger partial charge in [-0.15, -0.1) is 11.3 Å². The molecule has 0 aliphatic heterocycles. The van der Waals surface area contributed by atoms with E-state index in [1.807, 2.05) is 0 Å². The van der Waals surface area contributed by atoms with E-state index in [-0.39, 0.29) is 6.10 Å². The van der Waals surface area contributed by atoms with Crippen molar-refractivity contribution in [2.45, 2.75) is 38.2 Å². The average molecular weight is 301 g/mol. The molecule has 3 rings (SSSR count). The Morgan fingerprint density at radius 2 is 2.31 bits per heavy atom. The van der Waals surface area contributed by atoms with Gasteiger partial charge in [-0.3, -0.25) is 0 Å². The SMILES string of the molecule is OC(CC1CC2CCC1C2)c1cc(Br)cs1. The van der Waals surface area contributed by atoms with E-state index < -0.39 is 0 Å². The molecule has 2 fully saturated rings. The highest BCUT2D eigenvalue weighted by Crippen LogP contribution is 2.51. The van der Waals surface area contributed by atoms with Crippen LogP contribution in [-0.4, -0.2) is 5.11 Å². The third kappa shape index (κ3) is 2.09. The van der Waals surface area contributed by atoms with Crippen molar-refractivity contribution in [2.24, 2.45) is 17.8 Å². The third-order valence-electron chi connectivity index (χ3n) is 4.33. The topological polar surface area (TPSA) is 20.2 Å². The van der Waals surface area contributed by atoms with Crippen LogP contribution in [0.5, 0.6) is 0 Å². The smallest absolute Gasteiger partial charge is 0.0885 e. The van der Waals surface area contributed by atoms with Crippen molar-refractivity contribution >= 4 is 27.3 Å². The van der Waals surface area contributed by atoms with Crippen LogP contribution in [0.1, 0.15) is 43.1 Å². The van der Waals surface area contributed by atoms with Gasteiger partial charge in [0.2, 0.25) is 0 Å². The van der Waals surface area contributed by atoms with E-state index in [2.05, 4.69) is 27.4 Å². The molecule has 2 saturated carbocycles. The predicted octanol–water partition coefficient (Wildman–Crippen LogP) is 4.37. The fourth-order valence-electron chi connectivity index (χ4n) is 3.57. The van der Waals surface area contributed by atoms with Crippen LogP contribution in [-0.2, 0) is 0 Å². The summed E-state index contributed by atoms with van der Waals surface area (Å²) < 4.78 is 1.10. The van der Waals surface area contributed by atoms with Crippen LogP contribution in [0.3, 0.4) is 0 Å². The van der Waals surface area contributed by atoms with E-state index in [1.165, 1.54) is 25.7 Å². The number of rotatable bonds is 3. The summed E-state index contributed by atoms with van der Waals surface area (Å²) in [6.07, 6.45) is 6.41. The highest BCUT2D eigenvalue weighted by Gasteiger charge is 2.40. The van der Waals surface area contributed by atoms with Gasteiger partial charge in [0.1, 0.15) is 0 Å². The fraction of sp³-hybridized carbons (Fsp3) is 0.692. The van der Waals surface area contributed by atoms with Gasteiger partial charge in [-0.2, -0.15) is 0 Å². The second-order valence-corrected chi connectivity index (χ2v) is 7.21. The summed E-state index contributed by atoms with van der Waals surface area (Å²) >= 11 is 5.11. The Morgan fingerprint density at radius 1 is 1.44 bits per heavy atom. The van der Waals surface area contributed by atoms with Crippen molar-refractivity contribution in [2.75, 3.05) is 0 Å². The van der Waals surface area contributed by atoms with E-state index in [9.17, 15) is 5.11 Å². The highest BCUT2D eigenvalue weighted by molar-refractivity contribution is 9.10. The fourth-order valence-corrected chi connectivity index (χ4v) is 5.01. The largest absolute Gasteiger partial charge is 0.388 e. The number of thiophene rings is 1. The minimum Gasteiger partial charge on any atom is -0.388 e. The van der Waals surface area contributed by atoms with Crippen LogP contribution in [0.15, 0.2) is 15.9 Å². The van der Waals surface area contributed by atoms with Crippen molar-refractivity contribution in [3.8, 4) is 0 Å². The minimum atomic E-state index is -0.236. The van der Waals surface area contributed by atoms with Crippen molar-refractivity contribution < 1.29 is 5.11 Å². The molecule has 1 aromatic heterocycles. The molecule has 2 aliphatic carbocycles. The zero-order chi connectivity index (χ0) is 11.1. The molecular weight excluding hydrogens is 284 g/mol. The summed E-state index contributed by atoms with van der Waals surface area (Å²) in [5.74, 6) is 2.69. The summed E-state index contributed by atoms with van der Waals surface area (Å²) in [7, 11) is 0. The lowest BCUT2D eigenvalue weighted by atomic mass is 9.84. The first-order valence-electron chi connectivity index (χ1n) is 6.14. The molecule has 4 unspecified atom stereocenters. The molecule has 0 aromatic carbocycles. The number of aliphatic hydroxyl groups excluding tert-OH is 1. The molecular formula is C13H17BrOS. The molecule has 88 valence electrons. The Bertz CT molecular complexity index is 376. The quantitative estimate of drug-likeness (QED) is 0.879. The minimum absolute atomic E-state index is 0.236. The van der Waals surface area contributed by atoms with Crippen LogP contribution < -0.4 is 0 Å². The molecule has 1 N–H and O–H groups in total. The molecule has 0 amide bonds. The Hall–Kier alpha value is 0.140. The van der Waals surface area contributed by atoms with Crippen molar-refractivity contribution in [1.29, 1.82) is 0 Å². The van der Waals surface area contributed by atoms with E-state index >= 15 is 0 Å². The average Bonchev–Trinajstić information content (AvgIpc) is 2.92. The standard InChI is InChI=1S/C13H17BrOS/c14-11-6-13(16-7-11)12(15)5-10-4-8-1-2-9(10)3-8/h6-10,12,15H,1-5H2. The first-order chi connectivity index (χ1) is 7.72. The molecule has 16 heavy (non-hydrogen) atoms. The van der Waals surface area contributed by atoms with Gasteiger partial charge in [-0.05, 0) is 65.4 Å². The van der Waals surface area contributed by atoms with Crippen LogP contribution >= 0.6 is 27.3 Å². The first kappa shape index (κ1) is 11.2. The van der Waals surface area contributed by atoms with Gasteiger partial charge in [-0.1, -0.05) is 6.42 Å². The van der Waals surface area contributed by atoms with Gasteiger partial charge in [0.05, 0.1) is 6.10 Å². The zero-order valence-electron chi connectivity index (χ0n) is 9.23. The van der Waals surface area contributed by atoms with Crippen molar-refractivity contribution in [1.82, 2.24) is 0 Å². The van der Waals surface area contributed by atoms with Gasteiger partial charge in [0.25, 0.3) is 0 Å². The Labute approximate surface area is 109 Å². The number of halogens is 1. The van der Waals surface area contributed by atoms with E-state index in [0.29, 0.717) is 0 Å². The molecule has 0 spiro atoms. The van der Waals surface area contributed by atoms with Crippen LogP contribution in [0.2, 0.25) is 0 Å². The summed E-state index contributed by atoms with van der Waals surface area (Å²) in [5, 5.41) is 12.3. The molecule has 1 heterocycles. The second kappa shape index (κ2) is 4.43. The maximum atomic E-state index is 10.2. The van der Waals surface area contributed by atoms with Gasteiger partial charge in [-0.25, -0.2) is 0 Å². The van der Waals surface area contributed by atoms with Crippen molar-refractivity contribution in [3.63, 3.8) is 0 Å². The zero-order valence-corrected chi connectivity index (χ0v) is 11.6.